The maximum atomic E-state index is 12.9. The molecule has 1 aliphatic rings. The zero-order valence-electron chi connectivity index (χ0n) is 17.7. The minimum Gasteiger partial charge on any atom is -0.493 e. The molecule has 30 heavy (non-hydrogen) atoms. The molecule has 1 saturated heterocycles. The molecule has 1 unspecified atom stereocenters. The van der Waals surface area contributed by atoms with E-state index in [0.29, 0.717) is 47.9 Å². The number of hydrogen-bond donors (Lipinski definition) is 1. The van der Waals surface area contributed by atoms with Gasteiger partial charge in [-0.25, -0.2) is 0 Å². The van der Waals surface area contributed by atoms with Gasteiger partial charge in [0.1, 0.15) is 11.5 Å². The van der Waals surface area contributed by atoms with Crippen molar-refractivity contribution in [1.29, 1.82) is 0 Å². The highest BCUT2D eigenvalue weighted by Crippen LogP contribution is 2.36. The smallest absolute Gasteiger partial charge is 0.251 e. The molecule has 0 radical (unpaired) electrons. The van der Waals surface area contributed by atoms with Crippen molar-refractivity contribution in [3.63, 3.8) is 0 Å². The van der Waals surface area contributed by atoms with E-state index in [1.807, 2.05) is 26.0 Å². The molecule has 1 atom stereocenters. The van der Waals surface area contributed by atoms with Crippen LogP contribution in [0.4, 0.5) is 0 Å². The van der Waals surface area contributed by atoms with Gasteiger partial charge in [0.25, 0.3) is 5.91 Å². The van der Waals surface area contributed by atoms with Gasteiger partial charge < -0.3 is 23.9 Å². The van der Waals surface area contributed by atoms with E-state index in [4.69, 9.17) is 18.6 Å². The monoisotopic (exact) mass is 480 g/mol. The van der Waals surface area contributed by atoms with Crippen LogP contribution in [0.2, 0.25) is 0 Å². The summed E-state index contributed by atoms with van der Waals surface area (Å²) >= 11 is 3.50. The topological polar surface area (TPSA) is 73.2 Å². The SMILES string of the molecule is CCCOc1c(Br)cc(C(=O)NCC(c2ccc(C)o2)N2CCOCC2)cc1OC. The van der Waals surface area contributed by atoms with Crippen LogP contribution in [0.1, 0.15) is 41.3 Å². The largest absolute Gasteiger partial charge is 0.493 e. The molecule has 3 rings (SSSR count). The van der Waals surface area contributed by atoms with Gasteiger partial charge in [-0.05, 0) is 53.5 Å². The lowest BCUT2D eigenvalue weighted by Gasteiger charge is -2.33. The van der Waals surface area contributed by atoms with E-state index in [1.54, 1.807) is 19.2 Å². The second-order valence-electron chi connectivity index (χ2n) is 7.16. The first kappa shape index (κ1) is 22.7. The van der Waals surface area contributed by atoms with Crippen molar-refractivity contribution in [3.8, 4) is 11.5 Å². The van der Waals surface area contributed by atoms with E-state index in [2.05, 4.69) is 26.1 Å². The van der Waals surface area contributed by atoms with Gasteiger partial charge in [-0.2, -0.15) is 0 Å². The molecule has 1 N–H and O–H groups in total. The second kappa shape index (κ2) is 10.8. The third kappa shape index (κ3) is 5.56. The molecule has 0 saturated carbocycles. The standard InChI is InChI=1S/C22H29BrN2O5/c1-4-9-29-21-17(23)12-16(13-20(21)27-3)22(26)24-14-18(19-6-5-15(2)30-19)25-7-10-28-11-8-25/h5-6,12-13,18H,4,7-11,14H2,1-3H3,(H,24,26). The number of nitrogens with one attached hydrogen (secondary N) is 1. The van der Waals surface area contributed by atoms with Crippen molar-refractivity contribution >= 4 is 21.8 Å². The summed E-state index contributed by atoms with van der Waals surface area (Å²) in [4.78, 5) is 15.2. The lowest BCUT2D eigenvalue weighted by Crippen LogP contribution is -2.43. The number of morpholine rings is 1. The van der Waals surface area contributed by atoms with E-state index < -0.39 is 0 Å². The van der Waals surface area contributed by atoms with E-state index in [-0.39, 0.29) is 11.9 Å². The van der Waals surface area contributed by atoms with Crippen LogP contribution in [0, 0.1) is 6.92 Å². The predicted molar refractivity (Wildman–Crippen MR) is 117 cm³/mol. The number of benzene rings is 1. The second-order valence-corrected chi connectivity index (χ2v) is 8.01. The molecule has 2 heterocycles. The van der Waals surface area contributed by atoms with Gasteiger partial charge in [-0.3, -0.25) is 9.69 Å². The minimum absolute atomic E-state index is 0.0518. The lowest BCUT2D eigenvalue weighted by molar-refractivity contribution is 0.0117. The fourth-order valence-corrected chi connectivity index (χ4v) is 3.97. The van der Waals surface area contributed by atoms with Crippen LogP contribution in [0.3, 0.4) is 0 Å². The Bertz CT molecular complexity index is 848. The summed E-state index contributed by atoms with van der Waals surface area (Å²) in [5.41, 5.74) is 0.499. The molecule has 1 aromatic heterocycles. The highest BCUT2D eigenvalue weighted by Gasteiger charge is 2.26. The van der Waals surface area contributed by atoms with E-state index in [9.17, 15) is 4.79 Å². The van der Waals surface area contributed by atoms with Crippen LogP contribution in [-0.4, -0.2) is 57.4 Å². The van der Waals surface area contributed by atoms with Gasteiger partial charge in [0.05, 0.1) is 37.4 Å². The number of amides is 1. The Morgan fingerprint density at radius 2 is 2.07 bits per heavy atom. The van der Waals surface area contributed by atoms with Crippen LogP contribution in [-0.2, 0) is 4.74 Å². The fourth-order valence-electron chi connectivity index (χ4n) is 3.42. The maximum absolute atomic E-state index is 12.9. The average molecular weight is 481 g/mol. The highest BCUT2D eigenvalue weighted by molar-refractivity contribution is 9.10. The molecule has 1 aliphatic heterocycles. The molecule has 1 amide bonds. The summed E-state index contributed by atoms with van der Waals surface area (Å²) in [6.07, 6.45) is 0.882. The Hall–Kier alpha value is -2.03. The summed E-state index contributed by atoms with van der Waals surface area (Å²) in [6.45, 7) is 7.90. The Balaban J connectivity index is 1.74. The molecule has 7 nitrogen and oxygen atoms in total. The number of halogens is 1. The molecule has 1 aromatic carbocycles. The normalized spacial score (nSPS) is 15.6. The number of hydrogen-bond acceptors (Lipinski definition) is 6. The average Bonchev–Trinajstić information content (AvgIpc) is 3.19. The molecular formula is C22H29BrN2O5. The fraction of sp³-hybridized carbons (Fsp3) is 0.500. The number of ether oxygens (including phenoxy) is 3. The van der Waals surface area contributed by atoms with Crippen molar-refractivity contribution < 1.29 is 23.4 Å². The van der Waals surface area contributed by atoms with Crippen LogP contribution < -0.4 is 14.8 Å². The summed E-state index contributed by atoms with van der Waals surface area (Å²) < 4.78 is 23.2. The number of aryl methyl sites for hydroxylation is 1. The van der Waals surface area contributed by atoms with Crippen LogP contribution >= 0.6 is 15.9 Å². The predicted octanol–water partition coefficient (Wildman–Crippen LogP) is 3.95. The molecule has 0 aliphatic carbocycles. The van der Waals surface area contributed by atoms with Crippen LogP contribution in [0.25, 0.3) is 0 Å². The van der Waals surface area contributed by atoms with Gasteiger partial charge in [0, 0.05) is 25.2 Å². The summed E-state index contributed by atoms with van der Waals surface area (Å²) in [6, 6.07) is 7.32. The van der Waals surface area contributed by atoms with Gasteiger partial charge in [0.2, 0.25) is 0 Å². The first-order valence-electron chi connectivity index (χ1n) is 10.2. The quantitative estimate of drug-likeness (QED) is 0.585. The number of nitrogens with zero attached hydrogens (tertiary/aromatic N) is 1. The van der Waals surface area contributed by atoms with Gasteiger partial charge in [-0.1, -0.05) is 6.92 Å². The van der Waals surface area contributed by atoms with Crippen LogP contribution in [0.5, 0.6) is 11.5 Å². The Morgan fingerprint density at radius 3 is 2.70 bits per heavy atom. The van der Waals surface area contributed by atoms with E-state index in [0.717, 1.165) is 31.0 Å². The van der Waals surface area contributed by atoms with Crippen molar-refractivity contribution in [2.24, 2.45) is 0 Å². The first-order chi connectivity index (χ1) is 14.5. The first-order valence-corrected chi connectivity index (χ1v) is 11.0. The molecular weight excluding hydrogens is 452 g/mol. The number of carbonyl (C=O) groups excluding carboxylic acids is 1. The molecule has 0 spiro atoms. The maximum Gasteiger partial charge on any atom is 0.251 e. The van der Waals surface area contributed by atoms with E-state index in [1.165, 1.54) is 0 Å². The third-order valence-corrected chi connectivity index (χ3v) is 5.56. The number of methoxy groups -OCH3 is 1. The van der Waals surface area contributed by atoms with Crippen molar-refractivity contribution in [2.75, 3.05) is 46.6 Å². The summed E-state index contributed by atoms with van der Waals surface area (Å²) in [5, 5.41) is 3.05. The highest BCUT2D eigenvalue weighted by atomic mass is 79.9. The van der Waals surface area contributed by atoms with Gasteiger partial charge >= 0.3 is 0 Å². The van der Waals surface area contributed by atoms with Crippen molar-refractivity contribution in [3.05, 3.63) is 45.8 Å². The Labute approximate surface area is 185 Å². The molecule has 1 fully saturated rings. The van der Waals surface area contributed by atoms with E-state index >= 15 is 0 Å². The molecule has 164 valence electrons. The minimum atomic E-state index is -0.183. The molecule has 0 bridgehead atoms. The Morgan fingerprint density at radius 1 is 1.30 bits per heavy atom. The number of furan rings is 1. The molecule has 2 aromatic rings. The number of carbonyl (C=O) groups is 1. The van der Waals surface area contributed by atoms with Gasteiger partial charge in [-0.15, -0.1) is 0 Å². The molecule has 8 heteroatoms. The van der Waals surface area contributed by atoms with Crippen LogP contribution in [0.15, 0.2) is 33.2 Å². The Kier molecular flexibility index (Phi) is 8.18. The summed E-state index contributed by atoms with van der Waals surface area (Å²) in [5.74, 6) is 2.64. The van der Waals surface area contributed by atoms with Crippen molar-refractivity contribution in [2.45, 2.75) is 26.3 Å². The van der Waals surface area contributed by atoms with Gasteiger partial charge in [0.15, 0.2) is 11.5 Å². The summed E-state index contributed by atoms with van der Waals surface area (Å²) in [7, 11) is 1.57. The lowest BCUT2D eigenvalue weighted by atomic mass is 10.1. The van der Waals surface area contributed by atoms with Crippen molar-refractivity contribution in [1.82, 2.24) is 10.2 Å². The number of rotatable bonds is 9. The third-order valence-electron chi connectivity index (χ3n) is 4.97. The zero-order chi connectivity index (χ0) is 21.5. The zero-order valence-corrected chi connectivity index (χ0v) is 19.3.